The average molecular weight is 335 g/mol. The van der Waals surface area contributed by atoms with E-state index in [1.807, 2.05) is 0 Å². The minimum absolute atomic E-state index is 0.176. The summed E-state index contributed by atoms with van der Waals surface area (Å²) in [7, 11) is -3.53. The van der Waals surface area contributed by atoms with E-state index in [4.69, 9.17) is 22.1 Å². The van der Waals surface area contributed by atoms with Crippen LogP contribution in [0.3, 0.4) is 0 Å². The Kier molecular flexibility index (Phi) is 7.62. The second-order valence-electron chi connectivity index (χ2n) is 5.18. The van der Waals surface area contributed by atoms with Gasteiger partial charge in [0.1, 0.15) is 0 Å². The molecule has 0 atom stereocenters. The first-order valence-electron chi connectivity index (χ1n) is 6.92. The van der Waals surface area contributed by atoms with Crippen LogP contribution in [0, 0.1) is 5.92 Å². The van der Waals surface area contributed by atoms with Gasteiger partial charge in [-0.15, -0.1) is 0 Å². The fourth-order valence-corrected chi connectivity index (χ4v) is 2.98. The Morgan fingerprint density at radius 1 is 1.38 bits per heavy atom. The van der Waals surface area contributed by atoms with Crippen molar-refractivity contribution in [2.75, 3.05) is 19.8 Å². The highest BCUT2D eigenvalue weighted by Gasteiger charge is 2.14. The second kappa shape index (κ2) is 8.70. The Labute approximate surface area is 131 Å². The zero-order valence-electron chi connectivity index (χ0n) is 12.4. The maximum atomic E-state index is 12.1. The van der Waals surface area contributed by atoms with Crippen LogP contribution in [0.15, 0.2) is 23.1 Å². The molecule has 1 rings (SSSR count). The van der Waals surface area contributed by atoms with Crippen molar-refractivity contribution < 1.29 is 13.2 Å². The van der Waals surface area contributed by atoms with Crippen molar-refractivity contribution in [3.05, 3.63) is 28.8 Å². The Bertz CT molecular complexity index is 547. The van der Waals surface area contributed by atoms with Crippen LogP contribution in [0.4, 0.5) is 0 Å². The molecular weight excluding hydrogens is 312 g/mol. The number of rotatable bonds is 9. The molecule has 0 aromatic heterocycles. The molecule has 0 saturated heterocycles. The maximum Gasteiger partial charge on any atom is 0.240 e. The lowest BCUT2D eigenvalue weighted by molar-refractivity contribution is 0.108. The molecule has 0 aliphatic heterocycles. The van der Waals surface area contributed by atoms with Crippen LogP contribution >= 0.6 is 11.6 Å². The van der Waals surface area contributed by atoms with E-state index < -0.39 is 10.0 Å². The van der Waals surface area contributed by atoms with Gasteiger partial charge < -0.3 is 10.5 Å². The van der Waals surface area contributed by atoms with Crippen LogP contribution in [-0.2, 0) is 21.3 Å². The third-order valence-corrected chi connectivity index (χ3v) is 4.58. The van der Waals surface area contributed by atoms with E-state index in [1.165, 1.54) is 12.1 Å². The minimum atomic E-state index is -3.53. The van der Waals surface area contributed by atoms with Gasteiger partial charge in [-0.1, -0.05) is 25.4 Å². The van der Waals surface area contributed by atoms with Gasteiger partial charge in [-0.25, -0.2) is 13.1 Å². The molecule has 3 N–H and O–H groups in total. The molecule has 120 valence electrons. The molecule has 0 saturated carbocycles. The van der Waals surface area contributed by atoms with Gasteiger partial charge in [0.2, 0.25) is 10.0 Å². The quantitative estimate of drug-likeness (QED) is 0.678. The highest BCUT2D eigenvalue weighted by Crippen LogP contribution is 2.19. The highest BCUT2D eigenvalue weighted by molar-refractivity contribution is 7.89. The predicted molar refractivity (Wildman–Crippen MR) is 84.8 cm³/mol. The molecule has 0 fully saturated rings. The molecule has 0 heterocycles. The zero-order chi connectivity index (χ0) is 15.9. The van der Waals surface area contributed by atoms with E-state index in [-0.39, 0.29) is 11.4 Å². The van der Waals surface area contributed by atoms with Crippen LogP contribution < -0.4 is 10.5 Å². The number of hydrogen-bond acceptors (Lipinski definition) is 4. The van der Waals surface area contributed by atoms with Gasteiger partial charge in [0.25, 0.3) is 0 Å². The third-order valence-electron chi connectivity index (χ3n) is 2.76. The van der Waals surface area contributed by atoms with Crippen molar-refractivity contribution in [2.24, 2.45) is 11.7 Å². The van der Waals surface area contributed by atoms with Gasteiger partial charge in [0.15, 0.2) is 0 Å². The number of sulfonamides is 1. The predicted octanol–water partition coefficient (Wildman–Crippen LogP) is 2.14. The summed E-state index contributed by atoms with van der Waals surface area (Å²) in [5.74, 6) is 0.477. The van der Waals surface area contributed by atoms with E-state index in [2.05, 4.69) is 18.6 Å². The fraction of sp³-hybridized carbons (Fsp3) is 0.571. The van der Waals surface area contributed by atoms with E-state index >= 15 is 0 Å². The average Bonchev–Trinajstić information content (AvgIpc) is 2.42. The lowest BCUT2D eigenvalue weighted by atomic mass is 10.2. The summed E-state index contributed by atoms with van der Waals surface area (Å²) >= 11 is 5.92. The SMILES string of the molecule is CC(C)COCCCNS(=O)(=O)c1ccc(Cl)c(CN)c1. The van der Waals surface area contributed by atoms with Gasteiger partial charge in [0.05, 0.1) is 4.90 Å². The third kappa shape index (κ3) is 6.32. The van der Waals surface area contributed by atoms with Gasteiger partial charge >= 0.3 is 0 Å². The van der Waals surface area contributed by atoms with E-state index in [9.17, 15) is 8.42 Å². The fourth-order valence-electron chi connectivity index (χ4n) is 1.66. The van der Waals surface area contributed by atoms with Crippen LogP contribution in [-0.4, -0.2) is 28.2 Å². The summed E-state index contributed by atoms with van der Waals surface area (Å²) in [6.07, 6.45) is 0.628. The molecule has 5 nitrogen and oxygen atoms in total. The number of nitrogens with one attached hydrogen (secondary N) is 1. The highest BCUT2D eigenvalue weighted by atomic mass is 35.5. The molecule has 1 aromatic rings. The lowest BCUT2D eigenvalue weighted by Crippen LogP contribution is -2.26. The van der Waals surface area contributed by atoms with Gasteiger partial charge in [0, 0.05) is 31.3 Å². The molecule has 0 spiro atoms. The number of halogens is 1. The Morgan fingerprint density at radius 2 is 2.10 bits per heavy atom. The normalized spacial score (nSPS) is 12.0. The molecular formula is C14H23ClN2O3S. The second-order valence-corrected chi connectivity index (χ2v) is 7.35. The van der Waals surface area contributed by atoms with Crippen molar-refractivity contribution in [1.29, 1.82) is 0 Å². The van der Waals surface area contributed by atoms with Crippen molar-refractivity contribution in [2.45, 2.75) is 31.7 Å². The Morgan fingerprint density at radius 3 is 2.71 bits per heavy atom. The van der Waals surface area contributed by atoms with E-state index in [0.717, 1.165) is 0 Å². The largest absolute Gasteiger partial charge is 0.381 e. The number of ether oxygens (including phenoxy) is 1. The first kappa shape index (κ1) is 18.4. The Hall–Kier alpha value is -0.660. The molecule has 0 bridgehead atoms. The lowest BCUT2D eigenvalue weighted by Gasteiger charge is -2.10. The number of benzene rings is 1. The molecule has 1 aromatic carbocycles. The van der Waals surface area contributed by atoms with Crippen LogP contribution in [0.2, 0.25) is 5.02 Å². The summed E-state index contributed by atoms with van der Waals surface area (Å²) in [6, 6.07) is 4.52. The molecule has 0 aliphatic rings. The van der Waals surface area contributed by atoms with Gasteiger partial charge in [-0.2, -0.15) is 0 Å². The van der Waals surface area contributed by atoms with E-state index in [1.54, 1.807) is 6.07 Å². The first-order chi connectivity index (χ1) is 9.86. The summed E-state index contributed by atoms with van der Waals surface area (Å²) in [5.41, 5.74) is 6.14. The number of hydrogen-bond donors (Lipinski definition) is 2. The van der Waals surface area contributed by atoms with Gasteiger partial charge in [-0.3, -0.25) is 0 Å². The van der Waals surface area contributed by atoms with Crippen molar-refractivity contribution in [3.8, 4) is 0 Å². The number of nitrogens with two attached hydrogens (primary N) is 1. The van der Waals surface area contributed by atoms with Crippen molar-refractivity contribution >= 4 is 21.6 Å². The van der Waals surface area contributed by atoms with Crippen LogP contribution in [0.5, 0.6) is 0 Å². The molecule has 0 amide bonds. The summed E-state index contributed by atoms with van der Waals surface area (Å²) in [6.45, 7) is 5.89. The first-order valence-corrected chi connectivity index (χ1v) is 8.79. The van der Waals surface area contributed by atoms with Gasteiger partial charge in [-0.05, 0) is 36.1 Å². The zero-order valence-corrected chi connectivity index (χ0v) is 14.0. The van der Waals surface area contributed by atoms with E-state index in [0.29, 0.717) is 42.7 Å². The molecule has 7 heteroatoms. The van der Waals surface area contributed by atoms with Crippen LogP contribution in [0.1, 0.15) is 25.8 Å². The maximum absolute atomic E-state index is 12.1. The summed E-state index contributed by atoms with van der Waals surface area (Å²) in [4.78, 5) is 0.176. The molecule has 0 radical (unpaired) electrons. The Balaban J connectivity index is 2.50. The summed E-state index contributed by atoms with van der Waals surface area (Å²) in [5, 5.41) is 0.471. The topological polar surface area (TPSA) is 81.4 Å². The molecule has 0 aliphatic carbocycles. The van der Waals surface area contributed by atoms with Crippen molar-refractivity contribution in [3.63, 3.8) is 0 Å². The smallest absolute Gasteiger partial charge is 0.240 e. The standard InChI is InChI=1S/C14H23ClN2O3S/c1-11(2)10-20-7-3-6-17-21(18,19)13-4-5-14(15)12(8-13)9-16/h4-5,8,11,17H,3,6-7,9-10,16H2,1-2H3. The monoisotopic (exact) mass is 334 g/mol. The van der Waals surface area contributed by atoms with Crippen LogP contribution in [0.25, 0.3) is 0 Å². The molecule has 0 unspecified atom stereocenters. The minimum Gasteiger partial charge on any atom is -0.381 e. The molecule has 21 heavy (non-hydrogen) atoms. The summed E-state index contributed by atoms with van der Waals surface area (Å²) < 4.78 is 32.2. The van der Waals surface area contributed by atoms with Crippen molar-refractivity contribution in [1.82, 2.24) is 4.72 Å².